The van der Waals surface area contributed by atoms with Gasteiger partial charge in [-0.1, -0.05) is 32.9 Å². The van der Waals surface area contributed by atoms with E-state index in [0.717, 1.165) is 37.2 Å². The van der Waals surface area contributed by atoms with Crippen molar-refractivity contribution in [1.29, 1.82) is 5.26 Å². The molecule has 1 saturated carbocycles. The second-order valence-corrected chi connectivity index (χ2v) is 12.7. The van der Waals surface area contributed by atoms with Crippen LogP contribution in [0.5, 0.6) is 0 Å². The summed E-state index contributed by atoms with van der Waals surface area (Å²) in [4.78, 5) is 21.3. The number of fused-ring (bicyclic) bond motifs is 1. The average molecular weight is 487 g/mol. The fourth-order valence-corrected chi connectivity index (χ4v) is 6.71. The van der Waals surface area contributed by atoms with Crippen molar-refractivity contribution in [1.82, 2.24) is 9.88 Å². The Labute approximate surface area is 199 Å². The van der Waals surface area contributed by atoms with Crippen LogP contribution in [0.15, 0.2) is 29.2 Å². The van der Waals surface area contributed by atoms with Gasteiger partial charge in [-0.05, 0) is 42.4 Å². The third kappa shape index (κ3) is 5.13. The number of sulfone groups is 1. The second kappa shape index (κ2) is 9.53. The first-order valence-corrected chi connectivity index (χ1v) is 13.9. The summed E-state index contributed by atoms with van der Waals surface area (Å²) in [5.74, 6) is 1.10. The Morgan fingerprint density at radius 1 is 1.30 bits per heavy atom. The number of rotatable bonds is 8. The smallest absolute Gasteiger partial charge is 0.230 e. The monoisotopic (exact) mass is 486 g/mol. The van der Waals surface area contributed by atoms with E-state index in [2.05, 4.69) is 30.1 Å². The van der Waals surface area contributed by atoms with E-state index in [0.29, 0.717) is 17.0 Å². The maximum absolute atomic E-state index is 12.6. The maximum atomic E-state index is 12.6. The minimum Gasteiger partial charge on any atom is -0.302 e. The van der Waals surface area contributed by atoms with Crippen LogP contribution in [0.3, 0.4) is 0 Å². The molecule has 0 saturated heterocycles. The molecule has 2 heterocycles. The van der Waals surface area contributed by atoms with Crippen LogP contribution in [0.4, 0.5) is 5.13 Å². The molecule has 1 N–H and O–H groups in total. The number of amides is 1. The Kier molecular flexibility index (Phi) is 6.89. The van der Waals surface area contributed by atoms with Gasteiger partial charge in [0, 0.05) is 23.9 Å². The number of hydrogen-bond acceptors (Lipinski definition) is 7. The Morgan fingerprint density at radius 3 is 2.61 bits per heavy atom. The molecule has 176 valence electrons. The molecule has 1 amide bonds. The average Bonchev–Trinajstić information content (AvgIpc) is 3.26. The predicted octanol–water partition coefficient (Wildman–Crippen LogP) is 4.18. The first kappa shape index (κ1) is 23.9. The molecule has 4 rings (SSSR count). The van der Waals surface area contributed by atoms with Gasteiger partial charge in [-0.15, -0.1) is 11.3 Å². The summed E-state index contributed by atoms with van der Waals surface area (Å²) in [5.41, 5.74) is 1.82. The summed E-state index contributed by atoms with van der Waals surface area (Å²) in [6.07, 6.45) is 2.15. The van der Waals surface area contributed by atoms with Crippen LogP contribution in [-0.4, -0.2) is 36.5 Å². The zero-order valence-electron chi connectivity index (χ0n) is 19.2. The molecule has 1 aromatic carbocycles. The molecule has 2 aromatic rings. The third-order valence-electron chi connectivity index (χ3n) is 6.56. The van der Waals surface area contributed by atoms with Crippen molar-refractivity contribution in [2.24, 2.45) is 17.8 Å². The highest BCUT2D eigenvalue weighted by molar-refractivity contribution is 7.91. The normalized spacial score (nSPS) is 22.6. The second-order valence-electron chi connectivity index (χ2n) is 9.38. The Balaban J connectivity index is 1.37. The van der Waals surface area contributed by atoms with E-state index < -0.39 is 9.84 Å². The number of carbonyl (C=O) groups is 1. The molecule has 9 heteroatoms. The number of anilines is 1. The molecule has 1 aliphatic carbocycles. The van der Waals surface area contributed by atoms with Crippen molar-refractivity contribution < 1.29 is 13.2 Å². The van der Waals surface area contributed by atoms with E-state index >= 15 is 0 Å². The zero-order valence-corrected chi connectivity index (χ0v) is 20.9. The number of nitrogens with one attached hydrogen (secondary N) is 1. The topological polar surface area (TPSA) is 103 Å². The van der Waals surface area contributed by atoms with Gasteiger partial charge in [0.1, 0.15) is 0 Å². The Morgan fingerprint density at radius 2 is 2.00 bits per heavy atom. The lowest BCUT2D eigenvalue weighted by atomic mass is 9.75. The first-order valence-electron chi connectivity index (χ1n) is 11.4. The molecule has 33 heavy (non-hydrogen) atoms. The van der Waals surface area contributed by atoms with Gasteiger partial charge in [-0.3, -0.25) is 9.69 Å². The number of aromatic nitrogens is 1. The fraction of sp³-hybridized carbons (Fsp3) is 0.542. The number of benzene rings is 1. The number of hydrogen-bond donors (Lipinski definition) is 1. The van der Waals surface area contributed by atoms with E-state index in [1.165, 1.54) is 16.2 Å². The molecule has 2 aliphatic rings. The maximum Gasteiger partial charge on any atom is 0.230 e. The van der Waals surface area contributed by atoms with E-state index in [9.17, 15) is 13.2 Å². The summed E-state index contributed by atoms with van der Waals surface area (Å²) >= 11 is 1.54. The zero-order chi connectivity index (χ0) is 23.8. The van der Waals surface area contributed by atoms with Crippen molar-refractivity contribution in [3.05, 3.63) is 40.4 Å². The van der Waals surface area contributed by atoms with Gasteiger partial charge in [0.15, 0.2) is 15.0 Å². The Hall–Kier alpha value is -2.28. The molecular weight excluding hydrogens is 456 g/mol. The van der Waals surface area contributed by atoms with Gasteiger partial charge in [0.25, 0.3) is 0 Å². The molecule has 1 aliphatic heterocycles. The Bertz CT molecular complexity index is 1160. The summed E-state index contributed by atoms with van der Waals surface area (Å²) in [5, 5.41) is 12.6. The molecular formula is C24H30N4O3S2. The molecule has 1 fully saturated rings. The largest absolute Gasteiger partial charge is 0.302 e. The van der Waals surface area contributed by atoms with Crippen LogP contribution < -0.4 is 5.32 Å². The van der Waals surface area contributed by atoms with Crippen LogP contribution in [0.1, 0.15) is 55.8 Å². The number of carbonyl (C=O) groups excluding carboxylic acids is 1. The van der Waals surface area contributed by atoms with Crippen LogP contribution in [0.2, 0.25) is 0 Å². The summed E-state index contributed by atoms with van der Waals surface area (Å²) in [6, 6.07) is 9.09. The summed E-state index contributed by atoms with van der Waals surface area (Å²) < 4.78 is 23.9. The number of thiazole rings is 1. The van der Waals surface area contributed by atoms with Gasteiger partial charge in [0.05, 0.1) is 34.9 Å². The minimum atomic E-state index is -3.24. The van der Waals surface area contributed by atoms with Crippen molar-refractivity contribution in [3.8, 4) is 6.07 Å². The fourth-order valence-electron chi connectivity index (χ4n) is 4.78. The quantitative estimate of drug-likeness (QED) is 0.600. The van der Waals surface area contributed by atoms with Gasteiger partial charge < -0.3 is 5.32 Å². The molecule has 1 aromatic heterocycles. The predicted molar refractivity (Wildman–Crippen MR) is 128 cm³/mol. The molecule has 7 nitrogen and oxygen atoms in total. The van der Waals surface area contributed by atoms with Crippen LogP contribution in [0, 0.1) is 29.1 Å². The molecule has 1 atom stereocenters. The van der Waals surface area contributed by atoms with E-state index in [-0.39, 0.29) is 34.9 Å². The van der Waals surface area contributed by atoms with E-state index in [1.807, 2.05) is 0 Å². The van der Waals surface area contributed by atoms with E-state index in [4.69, 9.17) is 10.2 Å². The van der Waals surface area contributed by atoms with Crippen LogP contribution in [-0.2, 0) is 27.6 Å². The SMILES string of the molecule is CCS(=O)(=O)c1ccc(CC(=O)Nc2nc3c(s2)CN(C[C@H]2C[C@H](C#N)C2)C3C(C)C)cc1. The van der Waals surface area contributed by atoms with Crippen LogP contribution >= 0.6 is 11.3 Å². The van der Waals surface area contributed by atoms with Gasteiger partial charge in [0.2, 0.25) is 5.91 Å². The molecule has 1 unspecified atom stereocenters. The summed E-state index contributed by atoms with van der Waals surface area (Å²) in [6.45, 7) is 7.85. The molecule has 0 bridgehead atoms. The number of nitrogens with zero attached hydrogens (tertiary/aromatic N) is 3. The van der Waals surface area contributed by atoms with Crippen molar-refractivity contribution in [2.75, 3.05) is 17.6 Å². The minimum absolute atomic E-state index is 0.0530. The standard InChI is InChI=1S/C24H30N4O3S2/c1-4-33(30,31)19-7-5-16(6-8-19)11-21(29)26-24-27-22-20(32-24)14-28(23(22)15(2)3)13-18-9-17(10-18)12-25/h5-8,15,17-18,23H,4,9-11,13-14H2,1-3H3,(H,26,27,29)/t17-,18-,23?. The van der Waals surface area contributed by atoms with Gasteiger partial charge in [-0.25, -0.2) is 13.4 Å². The lowest BCUT2D eigenvalue weighted by Gasteiger charge is -2.37. The highest BCUT2D eigenvalue weighted by atomic mass is 32.2. The lowest BCUT2D eigenvalue weighted by molar-refractivity contribution is -0.115. The van der Waals surface area contributed by atoms with Crippen molar-refractivity contribution >= 4 is 32.2 Å². The third-order valence-corrected chi connectivity index (χ3v) is 9.29. The lowest BCUT2D eigenvalue weighted by Crippen LogP contribution is -2.36. The molecule has 0 spiro atoms. The van der Waals surface area contributed by atoms with Gasteiger partial charge in [-0.2, -0.15) is 5.26 Å². The molecule has 0 radical (unpaired) electrons. The van der Waals surface area contributed by atoms with E-state index in [1.54, 1.807) is 31.2 Å². The van der Waals surface area contributed by atoms with Crippen LogP contribution in [0.25, 0.3) is 0 Å². The summed E-state index contributed by atoms with van der Waals surface area (Å²) in [7, 11) is -3.24. The highest BCUT2D eigenvalue weighted by Crippen LogP contribution is 2.44. The van der Waals surface area contributed by atoms with Crippen molar-refractivity contribution in [2.45, 2.75) is 57.5 Å². The highest BCUT2D eigenvalue weighted by Gasteiger charge is 2.39. The van der Waals surface area contributed by atoms with Gasteiger partial charge >= 0.3 is 0 Å². The van der Waals surface area contributed by atoms with Crippen molar-refractivity contribution in [3.63, 3.8) is 0 Å². The first-order chi connectivity index (χ1) is 15.7. The number of nitriles is 1.